The van der Waals surface area contributed by atoms with Crippen molar-refractivity contribution in [3.8, 4) is 5.75 Å². The molecule has 6 heteroatoms. The number of para-hydroxylation sites is 3. The maximum Gasteiger partial charge on any atom is 0.326 e. The summed E-state index contributed by atoms with van der Waals surface area (Å²) >= 11 is 0. The van der Waals surface area contributed by atoms with E-state index in [1.165, 1.54) is 25.7 Å². The maximum atomic E-state index is 13.0. The Hall–Kier alpha value is -3.02. The van der Waals surface area contributed by atoms with Crippen LogP contribution in [0.5, 0.6) is 5.75 Å². The molecule has 0 atom stereocenters. The van der Waals surface area contributed by atoms with Crippen molar-refractivity contribution in [3.63, 3.8) is 0 Å². The van der Waals surface area contributed by atoms with Crippen LogP contribution in [0, 0.1) is 0 Å². The molecular formula is C26H37N3O3. The number of ether oxygens (including phenoxy) is 1. The second-order valence-corrected chi connectivity index (χ2v) is 7.84. The van der Waals surface area contributed by atoms with Gasteiger partial charge in [0.2, 0.25) is 5.91 Å². The number of methoxy groups -OCH3 is 1. The van der Waals surface area contributed by atoms with Crippen molar-refractivity contribution in [1.82, 2.24) is 5.32 Å². The summed E-state index contributed by atoms with van der Waals surface area (Å²) in [4.78, 5) is 26.8. The zero-order valence-electron chi connectivity index (χ0n) is 19.4. The quantitative estimate of drug-likeness (QED) is 0.355. The first kappa shape index (κ1) is 25.2. The smallest absolute Gasteiger partial charge is 0.326 e. The van der Waals surface area contributed by atoms with Crippen LogP contribution in [0.1, 0.15) is 58.3 Å². The predicted octanol–water partition coefficient (Wildman–Crippen LogP) is 5.99. The number of unbranched alkanes of at least 4 members (excludes halogenated alkanes) is 5. The van der Waals surface area contributed by atoms with Gasteiger partial charge in [-0.1, -0.05) is 69.4 Å². The van der Waals surface area contributed by atoms with Gasteiger partial charge in [0.15, 0.2) is 0 Å². The van der Waals surface area contributed by atoms with Crippen LogP contribution in [0.2, 0.25) is 0 Å². The Morgan fingerprint density at radius 2 is 1.56 bits per heavy atom. The molecule has 0 fully saturated rings. The second kappa shape index (κ2) is 14.9. The highest BCUT2D eigenvalue weighted by Gasteiger charge is 2.17. The lowest BCUT2D eigenvalue weighted by molar-refractivity contribution is -0.121. The van der Waals surface area contributed by atoms with Gasteiger partial charge in [-0.3, -0.25) is 9.69 Å². The fourth-order valence-corrected chi connectivity index (χ4v) is 3.51. The Balaban J connectivity index is 1.83. The van der Waals surface area contributed by atoms with Crippen LogP contribution >= 0.6 is 0 Å². The van der Waals surface area contributed by atoms with Gasteiger partial charge in [-0.25, -0.2) is 4.79 Å². The molecule has 174 valence electrons. The Labute approximate surface area is 192 Å². The van der Waals surface area contributed by atoms with Crippen molar-refractivity contribution in [1.29, 1.82) is 0 Å². The number of carbonyl (C=O) groups excluding carboxylic acids is 2. The number of hydrogen-bond donors (Lipinski definition) is 2. The number of hydrogen-bond acceptors (Lipinski definition) is 3. The largest absolute Gasteiger partial charge is 0.495 e. The average molecular weight is 440 g/mol. The molecule has 0 aliphatic carbocycles. The number of urea groups is 1. The Morgan fingerprint density at radius 1 is 0.875 bits per heavy atom. The van der Waals surface area contributed by atoms with Crippen molar-refractivity contribution < 1.29 is 14.3 Å². The van der Waals surface area contributed by atoms with Crippen LogP contribution in [-0.4, -0.2) is 32.1 Å². The third-order valence-corrected chi connectivity index (χ3v) is 5.30. The highest BCUT2D eigenvalue weighted by Crippen LogP contribution is 2.24. The summed E-state index contributed by atoms with van der Waals surface area (Å²) in [6, 6.07) is 16.6. The summed E-state index contributed by atoms with van der Waals surface area (Å²) < 4.78 is 5.34. The van der Waals surface area contributed by atoms with Crippen molar-refractivity contribution in [2.75, 3.05) is 30.4 Å². The predicted molar refractivity (Wildman–Crippen MR) is 131 cm³/mol. The van der Waals surface area contributed by atoms with Crippen LogP contribution in [0.3, 0.4) is 0 Å². The van der Waals surface area contributed by atoms with Gasteiger partial charge in [-0.2, -0.15) is 0 Å². The van der Waals surface area contributed by atoms with Gasteiger partial charge in [-0.15, -0.1) is 0 Å². The van der Waals surface area contributed by atoms with Gasteiger partial charge in [0.05, 0.1) is 12.8 Å². The normalized spacial score (nSPS) is 10.4. The highest BCUT2D eigenvalue weighted by molar-refractivity contribution is 6.02. The molecule has 0 bridgehead atoms. The molecule has 0 spiro atoms. The van der Waals surface area contributed by atoms with E-state index in [1.54, 1.807) is 12.0 Å². The minimum atomic E-state index is -0.237. The van der Waals surface area contributed by atoms with E-state index in [0.717, 1.165) is 18.5 Å². The first-order chi connectivity index (χ1) is 15.7. The third kappa shape index (κ3) is 9.00. The number of rotatable bonds is 14. The van der Waals surface area contributed by atoms with Gasteiger partial charge in [0, 0.05) is 25.2 Å². The topological polar surface area (TPSA) is 70.7 Å². The minimum Gasteiger partial charge on any atom is -0.495 e. The van der Waals surface area contributed by atoms with Crippen LogP contribution in [0.15, 0.2) is 54.6 Å². The molecule has 0 unspecified atom stereocenters. The molecule has 32 heavy (non-hydrogen) atoms. The number of benzene rings is 2. The fourth-order valence-electron chi connectivity index (χ4n) is 3.51. The molecule has 0 saturated heterocycles. The molecule has 2 aromatic carbocycles. The lowest BCUT2D eigenvalue weighted by atomic mass is 10.1. The Bertz CT molecular complexity index is 811. The number of nitrogens with one attached hydrogen (secondary N) is 2. The van der Waals surface area contributed by atoms with Crippen molar-refractivity contribution in [3.05, 3.63) is 54.6 Å². The summed E-state index contributed by atoms with van der Waals surface area (Å²) in [6.07, 6.45) is 8.25. The SMILES string of the molecule is CCCCCCCCC(=O)NCCCN(C(=O)Nc1ccccc1OC)c1ccccc1. The van der Waals surface area contributed by atoms with E-state index in [-0.39, 0.29) is 11.9 Å². The first-order valence-corrected chi connectivity index (χ1v) is 11.7. The number of nitrogens with zero attached hydrogens (tertiary/aromatic N) is 1. The molecule has 0 radical (unpaired) electrons. The van der Waals surface area contributed by atoms with Gasteiger partial charge in [0.25, 0.3) is 0 Å². The van der Waals surface area contributed by atoms with Crippen LogP contribution in [-0.2, 0) is 4.79 Å². The Morgan fingerprint density at radius 3 is 2.31 bits per heavy atom. The third-order valence-electron chi connectivity index (χ3n) is 5.30. The maximum absolute atomic E-state index is 13.0. The summed E-state index contributed by atoms with van der Waals surface area (Å²) in [6.45, 7) is 3.23. The number of amides is 3. The van der Waals surface area contributed by atoms with Gasteiger partial charge in [0.1, 0.15) is 5.75 Å². The molecule has 0 saturated carbocycles. The summed E-state index contributed by atoms with van der Waals surface area (Å²) in [5.41, 5.74) is 1.42. The van der Waals surface area contributed by atoms with E-state index in [4.69, 9.17) is 4.74 Å². The number of carbonyl (C=O) groups is 2. The molecule has 2 aromatic rings. The van der Waals surface area contributed by atoms with Crippen LogP contribution in [0.25, 0.3) is 0 Å². The van der Waals surface area contributed by atoms with Gasteiger partial charge >= 0.3 is 6.03 Å². The molecule has 2 N–H and O–H groups in total. The molecular weight excluding hydrogens is 402 g/mol. The molecule has 2 rings (SSSR count). The zero-order chi connectivity index (χ0) is 23.0. The van der Waals surface area contributed by atoms with Crippen LogP contribution < -0.4 is 20.3 Å². The standard InChI is InChI=1S/C26H37N3O3/c1-3-4-5-6-7-11-19-25(30)27-20-14-21-29(22-15-9-8-10-16-22)26(31)28-23-17-12-13-18-24(23)32-2/h8-10,12-13,15-18H,3-7,11,14,19-21H2,1-2H3,(H,27,30)(H,28,31). The van der Waals surface area contributed by atoms with E-state index in [9.17, 15) is 9.59 Å². The molecule has 0 heterocycles. The van der Waals surface area contributed by atoms with Gasteiger partial charge in [-0.05, 0) is 37.1 Å². The fraction of sp³-hybridized carbons (Fsp3) is 0.462. The molecule has 3 amide bonds. The van der Waals surface area contributed by atoms with Crippen molar-refractivity contribution in [2.45, 2.75) is 58.3 Å². The van der Waals surface area contributed by atoms with E-state index < -0.39 is 0 Å². The zero-order valence-corrected chi connectivity index (χ0v) is 19.4. The monoisotopic (exact) mass is 439 g/mol. The van der Waals surface area contributed by atoms with E-state index >= 15 is 0 Å². The van der Waals surface area contributed by atoms with E-state index in [2.05, 4.69) is 17.6 Å². The van der Waals surface area contributed by atoms with Crippen molar-refractivity contribution >= 4 is 23.3 Å². The van der Waals surface area contributed by atoms with E-state index in [1.807, 2.05) is 54.6 Å². The minimum absolute atomic E-state index is 0.0882. The van der Waals surface area contributed by atoms with E-state index in [0.29, 0.717) is 37.4 Å². The number of anilines is 2. The van der Waals surface area contributed by atoms with Gasteiger partial charge < -0.3 is 15.4 Å². The van der Waals surface area contributed by atoms with Crippen LogP contribution in [0.4, 0.5) is 16.2 Å². The first-order valence-electron chi connectivity index (χ1n) is 11.7. The Kier molecular flexibility index (Phi) is 11.7. The summed E-state index contributed by atoms with van der Waals surface area (Å²) in [5, 5.41) is 5.91. The summed E-state index contributed by atoms with van der Waals surface area (Å²) in [7, 11) is 1.58. The molecule has 6 nitrogen and oxygen atoms in total. The summed E-state index contributed by atoms with van der Waals surface area (Å²) in [5.74, 6) is 0.695. The molecule has 0 aliphatic rings. The lowest BCUT2D eigenvalue weighted by Gasteiger charge is -2.24. The van der Waals surface area contributed by atoms with Crippen molar-refractivity contribution in [2.24, 2.45) is 0 Å². The second-order valence-electron chi connectivity index (χ2n) is 7.84. The average Bonchev–Trinajstić information content (AvgIpc) is 2.82. The lowest BCUT2D eigenvalue weighted by Crippen LogP contribution is -2.37. The highest BCUT2D eigenvalue weighted by atomic mass is 16.5. The molecule has 0 aliphatic heterocycles. The molecule has 0 aromatic heterocycles.